The number of carboxylic acid groups (broad SMARTS) is 1. The van der Waals surface area contributed by atoms with Crippen molar-refractivity contribution in [3.05, 3.63) is 48.9 Å². The third-order valence-corrected chi connectivity index (χ3v) is 1.59. The van der Waals surface area contributed by atoms with Crippen LogP contribution in [0.5, 0.6) is 0 Å². The second-order valence-electron chi connectivity index (χ2n) is 2.44. The topological polar surface area (TPSA) is 63.3 Å². The Hall–Kier alpha value is -2.10. The van der Waals surface area contributed by atoms with Crippen molar-refractivity contribution < 1.29 is 14.4 Å². The Morgan fingerprint density at radius 3 is 2.56 bits per heavy atom. The Labute approximate surface area is 94.6 Å². The van der Waals surface area contributed by atoms with E-state index in [0.717, 1.165) is 6.26 Å². The molecule has 0 fully saturated rings. The van der Waals surface area contributed by atoms with E-state index in [2.05, 4.69) is 22.8 Å². The molecule has 0 bridgehead atoms. The van der Waals surface area contributed by atoms with Gasteiger partial charge in [0, 0.05) is 5.57 Å². The number of aromatic nitrogens is 1. The smallest absolute Gasteiger partial charge is 0.341 e. The molecule has 0 saturated heterocycles. The SMILES string of the molecule is C=C/C=C(\C=C)c1nocc1C(=O)O.CC. The normalized spacial score (nSPS) is 10.0. The predicted molar refractivity (Wildman–Crippen MR) is 63.2 cm³/mol. The van der Waals surface area contributed by atoms with Crippen molar-refractivity contribution in [2.45, 2.75) is 13.8 Å². The lowest BCUT2D eigenvalue weighted by atomic mass is 10.1. The number of aromatic carboxylic acids is 1. The molecule has 0 aliphatic heterocycles. The molecule has 16 heavy (non-hydrogen) atoms. The molecule has 0 aliphatic carbocycles. The van der Waals surface area contributed by atoms with Gasteiger partial charge in [0.25, 0.3) is 0 Å². The summed E-state index contributed by atoms with van der Waals surface area (Å²) < 4.78 is 4.58. The van der Waals surface area contributed by atoms with Crippen LogP contribution in [0.1, 0.15) is 29.9 Å². The van der Waals surface area contributed by atoms with E-state index in [9.17, 15) is 4.79 Å². The third-order valence-electron chi connectivity index (χ3n) is 1.59. The van der Waals surface area contributed by atoms with Crippen molar-refractivity contribution in [1.82, 2.24) is 5.16 Å². The molecule has 0 atom stereocenters. The minimum atomic E-state index is -1.09. The van der Waals surface area contributed by atoms with Gasteiger partial charge < -0.3 is 9.63 Å². The summed E-state index contributed by atoms with van der Waals surface area (Å²) in [5, 5.41) is 12.4. The van der Waals surface area contributed by atoms with Gasteiger partial charge >= 0.3 is 5.97 Å². The summed E-state index contributed by atoms with van der Waals surface area (Å²) in [5.74, 6) is -1.09. The van der Waals surface area contributed by atoms with E-state index in [0.29, 0.717) is 5.57 Å². The quantitative estimate of drug-likeness (QED) is 0.793. The van der Waals surface area contributed by atoms with Gasteiger partial charge in [-0.2, -0.15) is 0 Å². The first-order valence-corrected chi connectivity index (χ1v) is 4.84. The Balaban J connectivity index is 0.00000106. The van der Waals surface area contributed by atoms with E-state index >= 15 is 0 Å². The highest BCUT2D eigenvalue weighted by Gasteiger charge is 2.16. The van der Waals surface area contributed by atoms with Gasteiger partial charge in [-0.15, -0.1) is 0 Å². The minimum absolute atomic E-state index is 0.0120. The number of rotatable bonds is 4. The van der Waals surface area contributed by atoms with Gasteiger partial charge in [0.2, 0.25) is 0 Å². The summed E-state index contributed by atoms with van der Waals surface area (Å²) in [6, 6.07) is 0. The average Bonchev–Trinajstić information content (AvgIpc) is 2.77. The second kappa shape index (κ2) is 7.23. The molecule has 86 valence electrons. The zero-order valence-electron chi connectivity index (χ0n) is 9.43. The first kappa shape index (κ1) is 13.9. The highest BCUT2D eigenvalue weighted by Crippen LogP contribution is 2.18. The summed E-state index contributed by atoms with van der Waals surface area (Å²) in [4.78, 5) is 10.7. The van der Waals surface area contributed by atoms with E-state index in [1.54, 1.807) is 6.08 Å². The second-order valence-corrected chi connectivity index (χ2v) is 2.44. The molecule has 0 amide bonds. The van der Waals surface area contributed by atoms with Crippen LogP contribution in [0.3, 0.4) is 0 Å². The molecule has 1 rings (SSSR count). The molecular formula is C12H15NO3. The molecule has 0 saturated carbocycles. The Kier molecular flexibility index (Phi) is 6.28. The van der Waals surface area contributed by atoms with Gasteiger partial charge in [-0.1, -0.05) is 50.4 Å². The molecule has 1 N–H and O–H groups in total. The first-order valence-electron chi connectivity index (χ1n) is 4.84. The summed E-state index contributed by atoms with van der Waals surface area (Å²) in [5.41, 5.74) is 0.830. The van der Waals surface area contributed by atoms with E-state index in [1.165, 1.54) is 12.2 Å². The van der Waals surface area contributed by atoms with E-state index < -0.39 is 5.97 Å². The van der Waals surface area contributed by atoms with Crippen LogP contribution in [-0.2, 0) is 0 Å². The predicted octanol–water partition coefficient (Wildman–Crippen LogP) is 3.15. The lowest BCUT2D eigenvalue weighted by Gasteiger charge is -1.95. The number of hydrogen-bond acceptors (Lipinski definition) is 3. The van der Waals surface area contributed by atoms with Gasteiger partial charge in [-0.25, -0.2) is 4.79 Å². The van der Waals surface area contributed by atoms with Crippen LogP contribution in [0.25, 0.3) is 5.57 Å². The maximum absolute atomic E-state index is 10.7. The van der Waals surface area contributed by atoms with Gasteiger partial charge in [-0.05, 0) is 0 Å². The Morgan fingerprint density at radius 2 is 2.12 bits per heavy atom. The van der Waals surface area contributed by atoms with E-state index in [1.807, 2.05) is 13.8 Å². The molecule has 0 spiro atoms. The standard InChI is InChI=1S/C10H9NO3.C2H6/c1-3-5-7(4-2)9-8(10(12)13)6-14-11-9;1-2/h3-6H,1-2H2,(H,12,13);1-2H3/b7-5+;. The van der Waals surface area contributed by atoms with Gasteiger partial charge in [0.15, 0.2) is 0 Å². The van der Waals surface area contributed by atoms with Crippen LogP contribution in [0, 0.1) is 0 Å². The van der Waals surface area contributed by atoms with Crippen LogP contribution in [0.2, 0.25) is 0 Å². The molecule has 0 unspecified atom stereocenters. The van der Waals surface area contributed by atoms with Crippen LogP contribution in [0.15, 0.2) is 42.2 Å². The summed E-state index contributed by atoms with van der Waals surface area (Å²) in [6.45, 7) is 11.0. The molecule has 4 heteroatoms. The highest BCUT2D eigenvalue weighted by atomic mass is 16.5. The lowest BCUT2D eigenvalue weighted by molar-refractivity contribution is 0.0696. The van der Waals surface area contributed by atoms with Crippen molar-refractivity contribution in [1.29, 1.82) is 0 Å². The number of allylic oxidation sites excluding steroid dienone is 4. The van der Waals surface area contributed by atoms with Crippen LogP contribution < -0.4 is 0 Å². The van der Waals surface area contributed by atoms with Crippen LogP contribution >= 0.6 is 0 Å². The monoisotopic (exact) mass is 221 g/mol. The number of hydrogen-bond donors (Lipinski definition) is 1. The van der Waals surface area contributed by atoms with Crippen molar-refractivity contribution in [2.75, 3.05) is 0 Å². The minimum Gasteiger partial charge on any atom is -0.477 e. The van der Waals surface area contributed by atoms with E-state index in [4.69, 9.17) is 5.11 Å². The first-order chi connectivity index (χ1) is 7.70. The summed E-state index contributed by atoms with van der Waals surface area (Å²) in [7, 11) is 0. The summed E-state index contributed by atoms with van der Waals surface area (Å²) >= 11 is 0. The number of carboxylic acids is 1. The average molecular weight is 221 g/mol. The fourth-order valence-electron chi connectivity index (χ4n) is 0.967. The van der Waals surface area contributed by atoms with Crippen LogP contribution in [-0.4, -0.2) is 16.2 Å². The fourth-order valence-corrected chi connectivity index (χ4v) is 0.967. The Morgan fingerprint density at radius 1 is 1.50 bits per heavy atom. The highest BCUT2D eigenvalue weighted by molar-refractivity contribution is 5.94. The molecule has 1 aromatic heterocycles. The Bertz CT molecular complexity index is 402. The van der Waals surface area contributed by atoms with Crippen LogP contribution in [0.4, 0.5) is 0 Å². The zero-order valence-corrected chi connectivity index (χ0v) is 9.43. The molecule has 0 aliphatic rings. The molecule has 0 aromatic carbocycles. The molecule has 4 nitrogen and oxygen atoms in total. The van der Waals surface area contributed by atoms with Crippen molar-refractivity contribution >= 4 is 11.5 Å². The maximum atomic E-state index is 10.7. The van der Waals surface area contributed by atoms with Crippen molar-refractivity contribution in [3.63, 3.8) is 0 Å². The van der Waals surface area contributed by atoms with E-state index in [-0.39, 0.29) is 11.3 Å². The van der Waals surface area contributed by atoms with Crippen molar-refractivity contribution in [3.8, 4) is 0 Å². The molecule has 1 aromatic rings. The molecule has 1 heterocycles. The van der Waals surface area contributed by atoms with Gasteiger partial charge in [0.1, 0.15) is 17.5 Å². The van der Waals surface area contributed by atoms with Crippen molar-refractivity contribution in [2.24, 2.45) is 0 Å². The largest absolute Gasteiger partial charge is 0.477 e. The molecular weight excluding hydrogens is 206 g/mol. The summed E-state index contributed by atoms with van der Waals surface area (Å²) in [6.07, 6.45) is 5.71. The van der Waals surface area contributed by atoms with Gasteiger partial charge in [0.05, 0.1) is 0 Å². The number of nitrogens with zero attached hydrogens (tertiary/aromatic N) is 1. The number of carbonyl (C=O) groups is 1. The lowest BCUT2D eigenvalue weighted by Crippen LogP contribution is -1.98. The fraction of sp³-hybridized carbons (Fsp3) is 0.167. The third kappa shape index (κ3) is 3.24. The molecule has 0 radical (unpaired) electrons. The maximum Gasteiger partial charge on any atom is 0.341 e. The van der Waals surface area contributed by atoms with Gasteiger partial charge in [-0.3, -0.25) is 0 Å². The zero-order chi connectivity index (χ0) is 12.6.